The van der Waals surface area contributed by atoms with Gasteiger partial charge in [-0.2, -0.15) is 4.68 Å². The topological polar surface area (TPSA) is 55.6 Å². The average molecular weight is 245 g/mol. The van der Waals surface area contributed by atoms with Crippen molar-refractivity contribution in [2.75, 3.05) is 11.9 Å². The minimum atomic E-state index is 0.575. The van der Waals surface area contributed by atoms with Crippen LogP contribution >= 0.6 is 0 Å². The van der Waals surface area contributed by atoms with E-state index in [0.29, 0.717) is 17.8 Å². The van der Waals surface area contributed by atoms with Crippen LogP contribution in [0.15, 0.2) is 30.3 Å². The number of hydrogen-bond acceptors (Lipinski definition) is 4. The lowest BCUT2D eigenvalue weighted by atomic mass is 9.98. The molecule has 1 N–H and O–H groups in total. The first kappa shape index (κ1) is 12.5. The molecule has 1 aromatic heterocycles. The van der Waals surface area contributed by atoms with E-state index in [0.717, 1.165) is 12.2 Å². The molecule has 0 spiro atoms. The van der Waals surface area contributed by atoms with Crippen LogP contribution in [-0.4, -0.2) is 26.8 Å². The molecule has 0 saturated carbocycles. The van der Waals surface area contributed by atoms with Gasteiger partial charge in [0.15, 0.2) is 0 Å². The number of aromatic nitrogens is 4. The van der Waals surface area contributed by atoms with E-state index in [9.17, 15) is 0 Å². The van der Waals surface area contributed by atoms with Crippen LogP contribution in [0.1, 0.15) is 20.8 Å². The number of tetrazole rings is 1. The Balaban J connectivity index is 2.09. The highest BCUT2D eigenvalue weighted by Gasteiger charge is 2.11. The van der Waals surface area contributed by atoms with Crippen molar-refractivity contribution in [2.24, 2.45) is 11.8 Å². The minimum absolute atomic E-state index is 0.575. The number of nitrogens with one attached hydrogen (secondary N) is 1. The van der Waals surface area contributed by atoms with Crippen LogP contribution in [-0.2, 0) is 0 Å². The van der Waals surface area contributed by atoms with Crippen LogP contribution in [0.4, 0.5) is 5.95 Å². The minimum Gasteiger partial charge on any atom is -0.352 e. The Labute approximate surface area is 107 Å². The van der Waals surface area contributed by atoms with E-state index in [1.54, 1.807) is 4.68 Å². The molecule has 2 rings (SSSR count). The van der Waals surface area contributed by atoms with Crippen molar-refractivity contribution in [1.29, 1.82) is 0 Å². The fourth-order valence-electron chi connectivity index (χ4n) is 1.53. The van der Waals surface area contributed by atoms with E-state index in [-0.39, 0.29) is 0 Å². The van der Waals surface area contributed by atoms with Gasteiger partial charge in [-0.3, -0.25) is 0 Å². The zero-order valence-electron chi connectivity index (χ0n) is 11.0. The van der Waals surface area contributed by atoms with Crippen molar-refractivity contribution < 1.29 is 0 Å². The molecule has 5 heteroatoms. The quantitative estimate of drug-likeness (QED) is 0.878. The molecule has 18 heavy (non-hydrogen) atoms. The second-order valence-corrected chi connectivity index (χ2v) is 4.85. The van der Waals surface area contributed by atoms with Gasteiger partial charge < -0.3 is 5.32 Å². The van der Waals surface area contributed by atoms with Gasteiger partial charge in [-0.1, -0.05) is 44.1 Å². The Kier molecular flexibility index (Phi) is 3.92. The van der Waals surface area contributed by atoms with Crippen molar-refractivity contribution in [3.63, 3.8) is 0 Å². The first-order chi connectivity index (χ1) is 8.68. The molecule has 0 saturated heterocycles. The number of benzene rings is 1. The fraction of sp³-hybridized carbons (Fsp3) is 0.462. The lowest BCUT2D eigenvalue weighted by Crippen LogP contribution is -2.18. The van der Waals surface area contributed by atoms with E-state index < -0.39 is 0 Å². The molecular weight excluding hydrogens is 226 g/mol. The maximum Gasteiger partial charge on any atom is 0.247 e. The molecule has 0 fully saturated rings. The average Bonchev–Trinajstić information content (AvgIpc) is 2.85. The summed E-state index contributed by atoms with van der Waals surface area (Å²) in [7, 11) is 0. The van der Waals surface area contributed by atoms with Gasteiger partial charge in [0.25, 0.3) is 0 Å². The van der Waals surface area contributed by atoms with Gasteiger partial charge in [0.1, 0.15) is 0 Å². The van der Waals surface area contributed by atoms with Crippen LogP contribution in [0.25, 0.3) is 5.69 Å². The zero-order valence-corrected chi connectivity index (χ0v) is 11.0. The van der Waals surface area contributed by atoms with E-state index in [1.165, 1.54) is 0 Å². The van der Waals surface area contributed by atoms with Gasteiger partial charge in [-0.05, 0) is 34.4 Å². The van der Waals surface area contributed by atoms with Crippen molar-refractivity contribution >= 4 is 5.95 Å². The summed E-state index contributed by atoms with van der Waals surface area (Å²) in [5.41, 5.74) is 0.960. The lowest BCUT2D eigenvalue weighted by Gasteiger charge is -2.16. The van der Waals surface area contributed by atoms with E-state index in [1.807, 2.05) is 30.3 Å². The van der Waals surface area contributed by atoms with Crippen LogP contribution < -0.4 is 5.32 Å². The SMILES string of the molecule is CC(C)C(C)CNc1nnnn1-c1ccccc1. The first-order valence-corrected chi connectivity index (χ1v) is 6.26. The van der Waals surface area contributed by atoms with Gasteiger partial charge in [-0.15, -0.1) is 0 Å². The Bertz CT molecular complexity index is 477. The number of hydrogen-bond donors (Lipinski definition) is 1. The van der Waals surface area contributed by atoms with E-state index in [4.69, 9.17) is 0 Å². The summed E-state index contributed by atoms with van der Waals surface area (Å²) in [6, 6.07) is 9.87. The summed E-state index contributed by atoms with van der Waals surface area (Å²) in [4.78, 5) is 0. The summed E-state index contributed by atoms with van der Waals surface area (Å²) in [5.74, 6) is 1.90. The number of nitrogens with zero attached hydrogens (tertiary/aromatic N) is 4. The Hall–Kier alpha value is -1.91. The molecule has 1 heterocycles. The maximum atomic E-state index is 4.01. The van der Waals surface area contributed by atoms with Gasteiger partial charge in [-0.25, -0.2) is 0 Å². The predicted molar refractivity (Wildman–Crippen MR) is 71.6 cm³/mol. The summed E-state index contributed by atoms with van der Waals surface area (Å²) >= 11 is 0. The molecule has 0 radical (unpaired) electrons. The Morgan fingerprint density at radius 3 is 2.56 bits per heavy atom. The summed E-state index contributed by atoms with van der Waals surface area (Å²) in [6.45, 7) is 7.51. The highest BCUT2D eigenvalue weighted by Crippen LogP contribution is 2.13. The highest BCUT2D eigenvalue weighted by atomic mass is 15.6. The van der Waals surface area contributed by atoms with Gasteiger partial charge in [0.2, 0.25) is 5.95 Å². The van der Waals surface area contributed by atoms with Gasteiger partial charge in [0.05, 0.1) is 5.69 Å². The molecule has 0 aliphatic rings. The Morgan fingerprint density at radius 1 is 1.17 bits per heavy atom. The summed E-state index contributed by atoms with van der Waals surface area (Å²) in [6.07, 6.45) is 0. The lowest BCUT2D eigenvalue weighted by molar-refractivity contribution is 0.438. The van der Waals surface area contributed by atoms with Crippen molar-refractivity contribution in [2.45, 2.75) is 20.8 Å². The number of rotatable bonds is 5. The summed E-state index contributed by atoms with van der Waals surface area (Å²) in [5, 5.41) is 15.0. The van der Waals surface area contributed by atoms with E-state index in [2.05, 4.69) is 41.6 Å². The number of anilines is 1. The third-order valence-electron chi connectivity index (χ3n) is 3.19. The molecular formula is C13H19N5. The standard InChI is InChI=1S/C13H19N5/c1-10(2)11(3)9-14-13-15-16-17-18(13)12-7-5-4-6-8-12/h4-8,10-11H,9H2,1-3H3,(H,14,15,17). The third-order valence-corrected chi connectivity index (χ3v) is 3.19. The molecule has 0 amide bonds. The fourth-order valence-corrected chi connectivity index (χ4v) is 1.53. The van der Waals surface area contributed by atoms with E-state index >= 15 is 0 Å². The second kappa shape index (κ2) is 5.62. The highest BCUT2D eigenvalue weighted by molar-refractivity contribution is 5.38. The van der Waals surface area contributed by atoms with Crippen molar-refractivity contribution in [1.82, 2.24) is 20.2 Å². The molecule has 1 aromatic carbocycles. The maximum absolute atomic E-state index is 4.01. The second-order valence-electron chi connectivity index (χ2n) is 4.85. The van der Waals surface area contributed by atoms with Crippen molar-refractivity contribution in [3.8, 4) is 5.69 Å². The first-order valence-electron chi connectivity index (χ1n) is 6.26. The third kappa shape index (κ3) is 2.85. The molecule has 1 atom stereocenters. The smallest absolute Gasteiger partial charge is 0.247 e. The molecule has 2 aromatic rings. The van der Waals surface area contributed by atoms with Crippen LogP contribution in [0.3, 0.4) is 0 Å². The monoisotopic (exact) mass is 245 g/mol. The van der Waals surface area contributed by atoms with Gasteiger partial charge >= 0.3 is 0 Å². The Morgan fingerprint density at radius 2 is 1.89 bits per heavy atom. The molecule has 0 aliphatic heterocycles. The normalized spacial score (nSPS) is 12.7. The molecule has 0 aliphatic carbocycles. The van der Waals surface area contributed by atoms with Crippen LogP contribution in [0.5, 0.6) is 0 Å². The largest absolute Gasteiger partial charge is 0.352 e. The van der Waals surface area contributed by atoms with Crippen LogP contribution in [0.2, 0.25) is 0 Å². The predicted octanol–water partition coefficient (Wildman–Crippen LogP) is 2.37. The zero-order chi connectivity index (χ0) is 13.0. The molecule has 5 nitrogen and oxygen atoms in total. The van der Waals surface area contributed by atoms with Crippen LogP contribution in [0, 0.1) is 11.8 Å². The molecule has 0 bridgehead atoms. The molecule has 1 unspecified atom stereocenters. The van der Waals surface area contributed by atoms with Crippen molar-refractivity contribution in [3.05, 3.63) is 30.3 Å². The number of para-hydroxylation sites is 1. The van der Waals surface area contributed by atoms with Gasteiger partial charge in [0, 0.05) is 6.54 Å². The molecule has 96 valence electrons. The summed E-state index contributed by atoms with van der Waals surface area (Å²) < 4.78 is 1.72.